The van der Waals surface area contributed by atoms with Crippen molar-refractivity contribution in [2.75, 3.05) is 31.7 Å². The summed E-state index contributed by atoms with van der Waals surface area (Å²) in [4.78, 5) is 6.98. The van der Waals surface area contributed by atoms with Crippen molar-refractivity contribution in [3.05, 3.63) is 5.82 Å². The summed E-state index contributed by atoms with van der Waals surface area (Å²) in [6.45, 7) is 2.90. The van der Waals surface area contributed by atoms with Gasteiger partial charge < -0.3 is 15.0 Å². The van der Waals surface area contributed by atoms with Crippen LogP contribution in [0.4, 0.5) is 5.13 Å². The second-order valence-electron chi connectivity index (χ2n) is 5.44. The van der Waals surface area contributed by atoms with Gasteiger partial charge in [-0.3, -0.25) is 0 Å². The molecule has 0 radical (unpaired) electrons. The van der Waals surface area contributed by atoms with Gasteiger partial charge >= 0.3 is 0 Å². The van der Waals surface area contributed by atoms with Crippen LogP contribution < -0.4 is 10.2 Å². The molecule has 1 saturated carbocycles. The molecule has 0 spiro atoms. The molecule has 0 bridgehead atoms. The van der Waals surface area contributed by atoms with Crippen LogP contribution in [-0.4, -0.2) is 48.2 Å². The number of anilines is 1. The second kappa shape index (κ2) is 6.15. The number of nitrogens with one attached hydrogen (secondary N) is 1. The van der Waals surface area contributed by atoms with Gasteiger partial charge in [0.25, 0.3) is 0 Å². The average molecular weight is 282 g/mol. The molecule has 1 N–H and O–H groups in total. The van der Waals surface area contributed by atoms with Crippen LogP contribution in [0.2, 0.25) is 0 Å². The van der Waals surface area contributed by atoms with E-state index in [1.165, 1.54) is 37.2 Å². The molecule has 0 atom stereocenters. The van der Waals surface area contributed by atoms with Gasteiger partial charge in [-0.25, -0.2) is 4.98 Å². The minimum absolute atomic E-state index is 0.698. The minimum atomic E-state index is 0.698. The Bertz CT molecular complexity index is 399. The first-order valence-corrected chi connectivity index (χ1v) is 7.95. The number of piperidine rings is 1. The number of hydrogen-bond donors (Lipinski definition) is 1. The quantitative estimate of drug-likeness (QED) is 0.856. The maximum Gasteiger partial charge on any atom is 0.205 e. The van der Waals surface area contributed by atoms with Gasteiger partial charge in [0.15, 0.2) is 0 Å². The third-order valence-electron chi connectivity index (χ3n) is 3.80. The second-order valence-corrected chi connectivity index (χ2v) is 6.17. The van der Waals surface area contributed by atoms with E-state index >= 15 is 0 Å². The SMILES string of the molecule is COCCc1nsc(N2CCC(NC3CC3)CC2)n1. The normalized spacial score (nSPS) is 21.0. The molecule has 3 rings (SSSR count). The first-order valence-electron chi connectivity index (χ1n) is 7.17. The number of aromatic nitrogens is 2. The molecule has 0 aromatic carbocycles. The van der Waals surface area contributed by atoms with Gasteiger partial charge in [-0.15, -0.1) is 0 Å². The topological polar surface area (TPSA) is 50.3 Å². The van der Waals surface area contributed by atoms with Crippen LogP contribution in [0.5, 0.6) is 0 Å². The van der Waals surface area contributed by atoms with Crippen molar-refractivity contribution in [3.63, 3.8) is 0 Å². The first kappa shape index (κ1) is 13.3. The highest BCUT2D eigenvalue weighted by Gasteiger charge is 2.27. The van der Waals surface area contributed by atoms with E-state index < -0.39 is 0 Å². The molecule has 1 saturated heterocycles. The third kappa shape index (κ3) is 3.64. The van der Waals surface area contributed by atoms with E-state index in [1.807, 2.05) is 0 Å². The number of hydrogen-bond acceptors (Lipinski definition) is 6. The first-order chi connectivity index (χ1) is 9.35. The maximum absolute atomic E-state index is 5.06. The highest BCUT2D eigenvalue weighted by Crippen LogP contribution is 2.25. The fraction of sp³-hybridized carbons (Fsp3) is 0.846. The summed E-state index contributed by atoms with van der Waals surface area (Å²) in [5.74, 6) is 0.917. The van der Waals surface area contributed by atoms with Crippen molar-refractivity contribution in [3.8, 4) is 0 Å². The predicted octanol–water partition coefficient (Wildman–Crippen LogP) is 1.45. The van der Waals surface area contributed by atoms with E-state index in [2.05, 4.69) is 19.6 Å². The molecule has 5 nitrogen and oxygen atoms in total. The van der Waals surface area contributed by atoms with Gasteiger partial charge in [-0.2, -0.15) is 4.37 Å². The number of rotatable bonds is 6. The van der Waals surface area contributed by atoms with Gasteiger partial charge in [-0.1, -0.05) is 0 Å². The summed E-state index contributed by atoms with van der Waals surface area (Å²) in [6, 6.07) is 1.53. The number of nitrogens with zero attached hydrogens (tertiary/aromatic N) is 3. The highest BCUT2D eigenvalue weighted by atomic mass is 32.1. The Labute approximate surface area is 118 Å². The van der Waals surface area contributed by atoms with E-state index in [0.717, 1.165) is 36.5 Å². The molecule has 0 amide bonds. The summed E-state index contributed by atoms with van der Waals surface area (Å²) >= 11 is 1.52. The number of ether oxygens (including phenoxy) is 1. The van der Waals surface area contributed by atoms with E-state index in [0.29, 0.717) is 12.6 Å². The molecule has 2 fully saturated rings. The number of methoxy groups -OCH3 is 1. The summed E-state index contributed by atoms with van der Waals surface area (Å²) in [5, 5.41) is 4.80. The Balaban J connectivity index is 1.48. The summed E-state index contributed by atoms with van der Waals surface area (Å²) in [6.07, 6.45) is 6.01. The molecule has 2 heterocycles. The van der Waals surface area contributed by atoms with E-state index in [9.17, 15) is 0 Å². The Morgan fingerprint density at radius 3 is 2.68 bits per heavy atom. The lowest BCUT2D eigenvalue weighted by Gasteiger charge is -2.32. The standard InChI is InChI=1S/C13H22N4OS/c1-18-9-6-12-15-13(19-16-12)17-7-4-11(5-8-17)14-10-2-3-10/h10-11,14H,2-9H2,1H3. The Hall–Kier alpha value is -0.720. The lowest BCUT2D eigenvalue weighted by Crippen LogP contribution is -2.43. The summed E-state index contributed by atoms with van der Waals surface area (Å²) < 4.78 is 9.46. The van der Waals surface area contributed by atoms with Crippen LogP contribution in [-0.2, 0) is 11.2 Å². The molecule has 6 heteroatoms. The molecular weight excluding hydrogens is 260 g/mol. The monoisotopic (exact) mass is 282 g/mol. The van der Waals surface area contributed by atoms with Gasteiger partial charge in [0.05, 0.1) is 6.61 Å². The van der Waals surface area contributed by atoms with Crippen molar-refractivity contribution < 1.29 is 4.74 Å². The molecule has 2 aliphatic rings. The molecule has 1 aliphatic carbocycles. The van der Waals surface area contributed by atoms with Crippen molar-refractivity contribution in [2.24, 2.45) is 0 Å². The molecule has 106 valence electrons. The minimum Gasteiger partial charge on any atom is -0.384 e. The van der Waals surface area contributed by atoms with Crippen LogP contribution in [0.1, 0.15) is 31.5 Å². The van der Waals surface area contributed by atoms with Crippen molar-refractivity contribution >= 4 is 16.7 Å². The largest absolute Gasteiger partial charge is 0.384 e. The van der Waals surface area contributed by atoms with Crippen LogP contribution in [0.3, 0.4) is 0 Å². The molecule has 19 heavy (non-hydrogen) atoms. The summed E-state index contributed by atoms with van der Waals surface area (Å²) in [7, 11) is 1.71. The smallest absolute Gasteiger partial charge is 0.205 e. The Kier molecular flexibility index (Phi) is 4.30. The average Bonchev–Trinajstić information content (AvgIpc) is 3.13. The van der Waals surface area contributed by atoms with E-state index in [1.54, 1.807) is 7.11 Å². The predicted molar refractivity (Wildman–Crippen MR) is 76.9 cm³/mol. The van der Waals surface area contributed by atoms with Gasteiger partial charge in [0.1, 0.15) is 5.82 Å². The maximum atomic E-state index is 5.06. The molecule has 0 unspecified atom stereocenters. The van der Waals surface area contributed by atoms with Crippen molar-refractivity contribution in [1.29, 1.82) is 0 Å². The van der Waals surface area contributed by atoms with Crippen LogP contribution in [0, 0.1) is 0 Å². The van der Waals surface area contributed by atoms with E-state index in [4.69, 9.17) is 4.74 Å². The Morgan fingerprint density at radius 2 is 2.00 bits per heavy atom. The van der Waals surface area contributed by atoms with Gasteiger partial charge in [0.2, 0.25) is 5.13 Å². The van der Waals surface area contributed by atoms with Crippen LogP contribution in [0.15, 0.2) is 0 Å². The summed E-state index contributed by atoms with van der Waals surface area (Å²) in [5.41, 5.74) is 0. The van der Waals surface area contributed by atoms with Crippen molar-refractivity contribution in [2.45, 2.75) is 44.2 Å². The van der Waals surface area contributed by atoms with Gasteiger partial charge in [0, 0.05) is 50.2 Å². The zero-order valence-corrected chi connectivity index (χ0v) is 12.3. The molecular formula is C13H22N4OS. The third-order valence-corrected chi connectivity index (χ3v) is 4.62. The van der Waals surface area contributed by atoms with Crippen molar-refractivity contribution in [1.82, 2.24) is 14.7 Å². The van der Waals surface area contributed by atoms with E-state index in [-0.39, 0.29) is 0 Å². The molecule has 1 aliphatic heterocycles. The zero-order valence-electron chi connectivity index (χ0n) is 11.5. The zero-order chi connectivity index (χ0) is 13.1. The highest BCUT2D eigenvalue weighted by molar-refractivity contribution is 7.09. The lowest BCUT2D eigenvalue weighted by molar-refractivity contribution is 0.201. The molecule has 1 aromatic heterocycles. The molecule has 1 aromatic rings. The fourth-order valence-corrected chi connectivity index (χ4v) is 3.25. The van der Waals surface area contributed by atoms with Crippen LogP contribution >= 0.6 is 11.5 Å². The van der Waals surface area contributed by atoms with Crippen LogP contribution in [0.25, 0.3) is 0 Å². The Morgan fingerprint density at radius 1 is 1.26 bits per heavy atom. The van der Waals surface area contributed by atoms with Gasteiger partial charge in [-0.05, 0) is 25.7 Å². The lowest BCUT2D eigenvalue weighted by atomic mass is 10.1. The fourth-order valence-electron chi connectivity index (χ4n) is 2.49.